The molecule has 96 valence electrons. The largest absolute Gasteiger partial charge is 0.446 e. The minimum absolute atomic E-state index is 0.0557. The lowest BCUT2D eigenvalue weighted by Crippen LogP contribution is -1.96. The minimum atomic E-state index is -0.198. The molecule has 0 aliphatic rings. The first kappa shape index (κ1) is 12.8. The molecular weight excluding hydrogens is 233 g/mol. The molecule has 1 aromatic heterocycles. The van der Waals surface area contributed by atoms with Gasteiger partial charge in [-0.25, -0.2) is 9.37 Å². The molecule has 2 rings (SSSR count). The lowest BCUT2D eigenvalue weighted by atomic mass is 10.1. The molecule has 0 fully saturated rings. The molecule has 0 saturated carbocycles. The summed E-state index contributed by atoms with van der Waals surface area (Å²) in [5, 5.41) is 8.87. The van der Waals surface area contributed by atoms with Crippen LogP contribution in [0.1, 0.15) is 22.9 Å². The lowest BCUT2D eigenvalue weighted by Gasteiger charge is -1.99. The third kappa shape index (κ3) is 2.96. The molecule has 0 saturated heterocycles. The van der Waals surface area contributed by atoms with Crippen molar-refractivity contribution < 1.29 is 13.9 Å². The van der Waals surface area contributed by atoms with Crippen LogP contribution in [0.3, 0.4) is 0 Å². The number of hydrogen-bond donors (Lipinski definition) is 1. The van der Waals surface area contributed by atoms with Crippen LogP contribution in [0.15, 0.2) is 28.7 Å². The zero-order valence-electron chi connectivity index (χ0n) is 10.3. The number of aromatic nitrogens is 1. The Morgan fingerprint density at radius 1 is 1.22 bits per heavy atom. The monoisotopic (exact) mass is 249 g/mol. The normalized spacial score (nSPS) is 10.8. The zero-order chi connectivity index (χ0) is 13.0. The first-order valence-electron chi connectivity index (χ1n) is 6.00. The van der Waals surface area contributed by atoms with Crippen molar-refractivity contribution in [2.45, 2.75) is 26.2 Å². The van der Waals surface area contributed by atoms with Gasteiger partial charge in [-0.05, 0) is 25.0 Å². The Morgan fingerprint density at radius 2 is 2.00 bits per heavy atom. The third-order valence-electron chi connectivity index (χ3n) is 2.85. The highest BCUT2D eigenvalue weighted by molar-refractivity contribution is 5.18. The number of aliphatic hydroxyl groups is 1. The van der Waals surface area contributed by atoms with E-state index in [4.69, 9.17) is 9.52 Å². The molecule has 0 spiro atoms. The molecule has 4 heteroatoms. The minimum Gasteiger partial charge on any atom is -0.446 e. The lowest BCUT2D eigenvalue weighted by molar-refractivity contribution is 0.297. The van der Waals surface area contributed by atoms with Gasteiger partial charge in [-0.15, -0.1) is 0 Å². The maximum absolute atomic E-state index is 13.4. The molecule has 1 N–H and O–H groups in total. The van der Waals surface area contributed by atoms with Crippen molar-refractivity contribution in [3.05, 3.63) is 53.0 Å². The molecule has 3 nitrogen and oxygen atoms in total. The standard InChI is InChI=1S/C14H16FNO2/c1-10-13(8-9-17)16-14(18-10)7-6-11-4-2-3-5-12(11)15/h2-5,17H,6-9H2,1H3. The average Bonchev–Trinajstić information content (AvgIpc) is 2.70. The van der Waals surface area contributed by atoms with Crippen molar-refractivity contribution in [1.29, 1.82) is 0 Å². The van der Waals surface area contributed by atoms with Gasteiger partial charge in [-0.1, -0.05) is 18.2 Å². The van der Waals surface area contributed by atoms with Crippen molar-refractivity contribution in [3.8, 4) is 0 Å². The van der Waals surface area contributed by atoms with Gasteiger partial charge in [0.1, 0.15) is 11.6 Å². The number of halogens is 1. The number of rotatable bonds is 5. The molecule has 18 heavy (non-hydrogen) atoms. The summed E-state index contributed by atoms with van der Waals surface area (Å²) >= 11 is 0. The molecule has 2 aromatic rings. The highest BCUT2D eigenvalue weighted by Crippen LogP contribution is 2.14. The van der Waals surface area contributed by atoms with Gasteiger partial charge in [-0.3, -0.25) is 0 Å². The van der Waals surface area contributed by atoms with E-state index in [1.54, 1.807) is 12.1 Å². The average molecular weight is 249 g/mol. The fourth-order valence-electron chi connectivity index (χ4n) is 1.88. The van der Waals surface area contributed by atoms with Crippen molar-refractivity contribution in [2.24, 2.45) is 0 Å². The first-order valence-corrected chi connectivity index (χ1v) is 6.00. The van der Waals surface area contributed by atoms with Gasteiger partial charge < -0.3 is 9.52 Å². The number of hydrogen-bond acceptors (Lipinski definition) is 3. The second-order valence-electron chi connectivity index (χ2n) is 4.18. The van der Waals surface area contributed by atoms with E-state index in [0.29, 0.717) is 30.7 Å². The topological polar surface area (TPSA) is 46.3 Å². The van der Waals surface area contributed by atoms with E-state index in [-0.39, 0.29) is 12.4 Å². The molecule has 1 aromatic carbocycles. The fourth-order valence-corrected chi connectivity index (χ4v) is 1.88. The van der Waals surface area contributed by atoms with E-state index in [1.165, 1.54) is 6.07 Å². The summed E-state index contributed by atoms with van der Waals surface area (Å²) in [4.78, 5) is 4.30. The van der Waals surface area contributed by atoms with Gasteiger partial charge >= 0.3 is 0 Å². The molecule has 0 atom stereocenters. The summed E-state index contributed by atoms with van der Waals surface area (Å²) in [6, 6.07) is 6.71. The fraction of sp³-hybridized carbons (Fsp3) is 0.357. The van der Waals surface area contributed by atoms with E-state index >= 15 is 0 Å². The van der Waals surface area contributed by atoms with E-state index in [1.807, 2.05) is 13.0 Å². The van der Waals surface area contributed by atoms with E-state index < -0.39 is 0 Å². The predicted octanol–water partition coefficient (Wildman–Crippen LogP) is 2.44. The van der Waals surface area contributed by atoms with Gasteiger partial charge in [0.2, 0.25) is 0 Å². The number of benzene rings is 1. The predicted molar refractivity (Wildman–Crippen MR) is 65.8 cm³/mol. The Hall–Kier alpha value is -1.68. The van der Waals surface area contributed by atoms with Crippen molar-refractivity contribution in [2.75, 3.05) is 6.61 Å². The highest BCUT2D eigenvalue weighted by Gasteiger charge is 2.10. The second kappa shape index (κ2) is 5.78. The van der Waals surface area contributed by atoms with Crippen LogP contribution in [-0.4, -0.2) is 16.7 Å². The summed E-state index contributed by atoms with van der Waals surface area (Å²) in [5.41, 5.74) is 1.44. The number of oxazole rings is 1. The Balaban J connectivity index is 2.02. The molecule has 0 aliphatic carbocycles. The summed E-state index contributed by atoms with van der Waals surface area (Å²) in [7, 11) is 0. The third-order valence-corrected chi connectivity index (χ3v) is 2.85. The van der Waals surface area contributed by atoms with E-state index in [9.17, 15) is 4.39 Å². The Morgan fingerprint density at radius 3 is 2.72 bits per heavy atom. The smallest absolute Gasteiger partial charge is 0.194 e. The van der Waals surface area contributed by atoms with Crippen molar-refractivity contribution in [1.82, 2.24) is 4.98 Å². The quantitative estimate of drug-likeness (QED) is 0.885. The van der Waals surface area contributed by atoms with E-state index in [0.717, 1.165) is 11.5 Å². The van der Waals surface area contributed by atoms with Crippen molar-refractivity contribution >= 4 is 0 Å². The highest BCUT2D eigenvalue weighted by atomic mass is 19.1. The van der Waals surface area contributed by atoms with Crippen LogP contribution in [0.25, 0.3) is 0 Å². The molecule has 0 radical (unpaired) electrons. The van der Waals surface area contributed by atoms with Gasteiger partial charge in [0.15, 0.2) is 5.89 Å². The maximum Gasteiger partial charge on any atom is 0.194 e. The molecule has 1 heterocycles. The van der Waals surface area contributed by atoms with Crippen LogP contribution in [0.4, 0.5) is 4.39 Å². The van der Waals surface area contributed by atoms with Crippen LogP contribution in [0.5, 0.6) is 0 Å². The number of nitrogens with zero attached hydrogens (tertiary/aromatic N) is 1. The Kier molecular flexibility index (Phi) is 4.10. The Labute approximate surface area is 105 Å². The summed E-state index contributed by atoms with van der Waals surface area (Å²) in [5.74, 6) is 1.13. The van der Waals surface area contributed by atoms with Gasteiger partial charge in [0.25, 0.3) is 0 Å². The van der Waals surface area contributed by atoms with Gasteiger partial charge in [0, 0.05) is 19.4 Å². The van der Waals surface area contributed by atoms with Crippen LogP contribution in [-0.2, 0) is 19.3 Å². The van der Waals surface area contributed by atoms with Gasteiger partial charge in [-0.2, -0.15) is 0 Å². The summed E-state index contributed by atoms with van der Waals surface area (Å²) < 4.78 is 18.9. The van der Waals surface area contributed by atoms with Crippen LogP contribution < -0.4 is 0 Å². The zero-order valence-corrected chi connectivity index (χ0v) is 10.3. The molecule has 0 aliphatic heterocycles. The molecule has 0 unspecified atom stereocenters. The van der Waals surface area contributed by atoms with E-state index in [2.05, 4.69) is 4.98 Å². The molecular formula is C14H16FNO2. The first-order chi connectivity index (χ1) is 8.70. The Bertz CT molecular complexity index is 522. The van der Waals surface area contributed by atoms with Crippen molar-refractivity contribution in [3.63, 3.8) is 0 Å². The summed E-state index contributed by atoms with van der Waals surface area (Å²) in [6.45, 7) is 1.88. The van der Waals surface area contributed by atoms with Crippen LogP contribution >= 0.6 is 0 Å². The number of aryl methyl sites for hydroxylation is 3. The van der Waals surface area contributed by atoms with Crippen LogP contribution in [0.2, 0.25) is 0 Å². The summed E-state index contributed by atoms with van der Waals surface area (Å²) in [6.07, 6.45) is 1.62. The second-order valence-corrected chi connectivity index (χ2v) is 4.18. The molecule has 0 amide bonds. The van der Waals surface area contributed by atoms with Crippen LogP contribution in [0, 0.1) is 12.7 Å². The molecule has 0 bridgehead atoms. The van der Waals surface area contributed by atoms with Gasteiger partial charge in [0.05, 0.1) is 5.69 Å². The SMILES string of the molecule is Cc1oc(CCc2ccccc2F)nc1CCO. The maximum atomic E-state index is 13.4. The number of aliphatic hydroxyl groups excluding tert-OH is 1.